The lowest BCUT2D eigenvalue weighted by Crippen LogP contribution is -2.40. The summed E-state index contributed by atoms with van der Waals surface area (Å²) in [4.78, 5) is 40.1. The molecule has 1 aliphatic carbocycles. The number of hydrogen-bond acceptors (Lipinski definition) is 9. The van der Waals surface area contributed by atoms with Gasteiger partial charge in [0.1, 0.15) is 11.7 Å². The average Bonchev–Trinajstić information content (AvgIpc) is 3.21. The smallest absolute Gasteiger partial charge is 0.335 e. The minimum atomic E-state index is -1.75. The van der Waals surface area contributed by atoms with E-state index in [1.165, 1.54) is 0 Å². The number of aromatic nitrogens is 2. The molecule has 284 valence electrons. The normalized spacial score (nSPS) is 13.2. The van der Waals surface area contributed by atoms with Gasteiger partial charge in [-0.3, -0.25) is 0 Å². The average molecular weight is 765 g/mol. The van der Waals surface area contributed by atoms with Crippen LogP contribution < -0.4 is 9.13 Å². The van der Waals surface area contributed by atoms with Gasteiger partial charge >= 0.3 is 5.97 Å². The summed E-state index contributed by atoms with van der Waals surface area (Å²) in [5.74, 6) is 1.70. The topological polar surface area (TPSA) is 204 Å². The highest BCUT2D eigenvalue weighted by molar-refractivity contribution is 6.18. The zero-order chi connectivity index (χ0) is 40.6. The lowest BCUT2D eigenvalue weighted by molar-refractivity contribution is -0.649. The number of carboxylic acids is 1. The molecule has 7 aromatic rings. The number of para-hydroxylation sites is 4. The molecule has 14 nitrogen and oxygen atoms in total. The lowest BCUT2D eigenvalue weighted by Gasteiger charge is -2.18. The van der Waals surface area contributed by atoms with Gasteiger partial charge < -0.3 is 40.5 Å². The van der Waals surface area contributed by atoms with E-state index in [-0.39, 0.29) is 11.5 Å². The molecule has 1 unspecified atom stereocenters. The summed E-state index contributed by atoms with van der Waals surface area (Å²) in [6.45, 7) is 1.14. The second-order valence-electron chi connectivity index (χ2n) is 12.7. The number of pyridine rings is 2. The van der Waals surface area contributed by atoms with Crippen LogP contribution in [0.2, 0.25) is 0 Å². The largest absolute Gasteiger partial charge is 0.497 e. The molecular weight excluding hydrogens is 732 g/mol. The van der Waals surface area contributed by atoms with Crippen molar-refractivity contribution >= 4 is 55.5 Å². The van der Waals surface area contributed by atoms with Crippen LogP contribution in [0.4, 0.5) is 0 Å². The molecule has 0 amide bonds. The number of ether oxygens (including phenoxy) is 1. The monoisotopic (exact) mass is 764 g/mol. The van der Waals surface area contributed by atoms with Gasteiger partial charge in [0.15, 0.2) is 13.1 Å². The van der Waals surface area contributed by atoms with Crippen molar-refractivity contribution in [2.45, 2.75) is 13.1 Å². The van der Waals surface area contributed by atoms with Crippen molar-refractivity contribution in [2.24, 2.45) is 5.92 Å². The molecule has 14 heteroatoms. The van der Waals surface area contributed by atoms with Crippen LogP contribution in [0.1, 0.15) is 15.9 Å². The molecule has 0 aliphatic heterocycles. The fraction of sp³-hybridized carbons (Fsp3) is 0.0930. The molecule has 0 bridgehead atoms. The van der Waals surface area contributed by atoms with E-state index in [0.29, 0.717) is 24.4 Å². The van der Waals surface area contributed by atoms with Crippen LogP contribution in [0.25, 0.3) is 54.7 Å². The first kappa shape index (κ1) is 38.8. The van der Waals surface area contributed by atoms with E-state index in [4.69, 9.17) is 35.4 Å². The Morgan fingerprint density at radius 2 is 1.09 bits per heavy atom. The first-order chi connectivity index (χ1) is 27.5. The Bertz CT molecular complexity index is 2680. The summed E-state index contributed by atoms with van der Waals surface area (Å²) < 4.78 is 10.0. The Hall–Kier alpha value is -7.96. The molecule has 57 heavy (non-hydrogen) atoms. The molecule has 0 fully saturated rings. The highest BCUT2D eigenvalue weighted by atomic mass is 16.9. The van der Waals surface area contributed by atoms with Gasteiger partial charge in [-0.15, -0.1) is 0 Å². The zero-order valence-electron chi connectivity index (χ0n) is 30.2. The van der Waals surface area contributed by atoms with Gasteiger partial charge in [-0.1, -0.05) is 66.7 Å². The van der Waals surface area contributed by atoms with Crippen molar-refractivity contribution in [3.05, 3.63) is 193 Å². The maximum atomic E-state index is 12.1. The molecular formula is C43H32N4O10. The first-order valence-corrected chi connectivity index (χ1v) is 17.3. The molecule has 1 N–H and O–H groups in total. The molecule has 0 spiro atoms. The van der Waals surface area contributed by atoms with Gasteiger partial charge in [-0.25, -0.2) is 9.59 Å². The second-order valence-corrected chi connectivity index (χ2v) is 12.7. The van der Waals surface area contributed by atoms with Gasteiger partial charge in [0, 0.05) is 41.0 Å². The number of allylic oxidation sites excluding steroid dienone is 4. The summed E-state index contributed by atoms with van der Waals surface area (Å²) in [5, 5.41) is 43.4. The number of aromatic carboxylic acids is 1. The van der Waals surface area contributed by atoms with Crippen molar-refractivity contribution in [1.82, 2.24) is 0 Å². The predicted octanol–water partition coefficient (Wildman–Crippen LogP) is 7.28. The summed E-state index contributed by atoms with van der Waals surface area (Å²) >= 11 is 0. The Labute approximate surface area is 323 Å². The Morgan fingerprint density at radius 3 is 1.47 bits per heavy atom. The first-order valence-electron chi connectivity index (χ1n) is 17.3. The fourth-order valence-electron chi connectivity index (χ4n) is 7.28. The number of carbonyl (C=O) groups excluding carboxylic acids is 1. The summed E-state index contributed by atoms with van der Waals surface area (Å²) in [6, 6.07) is 41.2. The van der Waals surface area contributed by atoms with E-state index in [2.05, 4.69) is 112 Å². The lowest BCUT2D eigenvalue weighted by atomic mass is 9.89. The summed E-state index contributed by atoms with van der Waals surface area (Å²) in [6.07, 6.45) is 5.72. The number of carbonyl (C=O) groups is 1. The quantitative estimate of drug-likeness (QED) is 0.0564. The number of fused-ring (bicyclic) bond motifs is 4. The third kappa shape index (κ3) is 8.26. The SMILES string of the molecule is COC1=CC(=C=O)C(C[n+]2c3ccccc3c(-c3c4ccccc4[n+](Cc4ccc(C(=O)O)cc4)c4ccccc34)c3ccccc32)C=C1.O=[N+]([O-])[O-].O=[N+]([O-])[O-]. The van der Waals surface area contributed by atoms with Crippen LogP contribution in [0, 0.1) is 36.6 Å². The standard InChI is InChI=1S/C43H31N2O4.2NO3/c1-49-32-23-22-30(31(24-32)27-46)26-45-39-16-8-4-12-35(39)42(36-13-5-9-17-40(36)45)41-33-10-2-6-14-37(33)44(38-15-7-3-11-34(38)41)25-28-18-20-29(21-19-28)43(47)48;2*2-1(3)4/h2-24,30H,25-26H2,1H3;;/q+1;2*-1/p+1. The van der Waals surface area contributed by atoms with Gasteiger partial charge in [0.25, 0.3) is 0 Å². The maximum absolute atomic E-state index is 12.1. The molecule has 0 saturated heterocycles. The highest BCUT2D eigenvalue weighted by Gasteiger charge is 2.29. The van der Waals surface area contributed by atoms with Crippen LogP contribution in [0.3, 0.4) is 0 Å². The Morgan fingerprint density at radius 1 is 0.684 bits per heavy atom. The molecule has 5 aromatic carbocycles. The molecule has 0 radical (unpaired) electrons. The van der Waals surface area contributed by atoms with Gasteiger partial charge in [-0.05, 0) is 48.6 Å². The highest BCUT2D eigenvalue weighted by Crippen LogP contribution is 2.41. The maximum Gasteiger partial charge on any atom is 0.335 e. The third-order valence-electron chi connectivity index (χ3n) is 9.57. The van der Waals surface area contributed by atoms with E-state index in [1.807, 2.05) is 24.3 Å². The fourth-order valence-corrected chi connectivity index (χ4v) is 7.28. The Balaban J connectivity index is 0.000000630. The number of benzene rings is 5. The summed E-state index contributed by atoms with van der Waals surface area (Å²) in [7, 11) is 1.60. The van der Waals surface area contributed by atoms with Gasteiger partial charge in [0.2, 0.25) is 22.1 Å². The predicted molar refractivity (Wildman–Crippen MR) is 212 cm³/mol. The zero-order valence-corrected chi connectivity index (χ0v) is 30.2. The molecule has 0 saturated carbocycles. The van der Waals surface area contributed by atoms with E-state index in [0.717, 1.165) is 60.3 Å². The van der Waals surface area contributed by atoms with Crippen molar-refractivity contribution in [1.29, 1.82) is 0 Å². The van der Waals surface area contributed by atoms with E-state index in [9.17, 15) is 14.7 Å². The van der Waals surface area contributed by atoms with Crippen molar-refractivity contribution < 1.29 is 38.7 Å². The third-order valence-corrected chi connectivity index (χ3v) is 9.57. The van der Waals surface area contributed by atoms with Gasteiger partial charge in [-0.2, -0.15) is 9.13 Å². The number of nitrogens with zero attached hydrogens (tertiary/aromatic N) is 4. The molecule has 2 heterocycles. The number of methoxy groups -OCH3 is 1. The molecule has 1 aliphatic rings. The van der Waals surface area contributed by atoms with Crippen molar-refractivity contribution in [2.75, 3.05) is 7.11 Å². The second kappa shape index (κ2) is 17.0. The van der Waals surface area contributed by atoms with E-state index in [1.54, 1.807) is 25.3 Å². The molecule has 1 atom stereocenters. The van der Waals surface area contributed by atoms with Gasteiger partial charge in [0.05, 0.1) is 55.9 Å². The molecule has 8 rings (SSSR count). The van der Waals surface area contributed by atoms with Crippen LogP contribution in [0.15, 0.2) is 151 Å². The van der Waals surface area contributed by atoms with Crippen LogP contribution >= 0.6 is 0 Å². The Kier molecular flexibility index (Phi) is 11.6. The van der Waals surface area contributed by atoms with E-state index < -0.39 is 16.1 Å². The van der Waals surface area contributed by atoms with Crippen LogP contribution in [0.5, 0.6) is 0 Å². The summed E-state index contributed by atoms with van der Waals surface area (Å²) in [5.41, 5.74) is 8.46. The number of hydrogen-bond donors (Lipinski definition) is 1. The number of rotatable bonds is 7. The minimum Gasteiger partial charge on any atom is -0.497 e. The van der Waals surface area contributed by atoms with Crippen molar-refractivity contribution in [3.63, 3.8) is 0 Å². The van der Waals surface area contributed by atoms with Crippen LogP contribution in [-0.2, 0) is 22.6 Å². The minimum absolute atomic E-state index is 0.166. The molecule has 2 aromatic heterocycles. The van der Waals surface area contributed by atoms with E-state index >= 15 is 0 Å². The number of carboxylic acid groups (broad SMARTS) is 1. The van der Waals surface area contributed by atoms with Crippen LogP contribution in [-0.4, -0.2) is 34.3 Å². The van der Waals surface area contributed by atoms with Crippen molar-refractivity contribution in [3.8, 4) is 11.1 Å².